The van der Waals surface area contributed by atoms with Gasteiger partial charge in [0.2, 0.25) is 0 Å². The minimum atomic E-state index is -0.824. The van der Waals surface area contributed by atoms with E-state index in [1.54, 1.807) is 50.2 Å². The molecule has 0 bridgehead atoms. The van der Waals surface area contributed by atoms with Crippen molar-refractivity contribution in [2.75, 3.05) is 20.3 Å². The number of benzene rings is 2. The highest BCUT2D eigenvalue weighted by Crippen LogP contribution is 2.29. The van der Waals surface area contributed by atoms with E-state index in [2.05, 4.69) is 10.6 Å². The molecular formula is C23H24N2O7. The molecule has 168 valence electrons. The van der Waals surface area contributed by atoms with E-state index in [0.717, 1.165) is 0 Å². The van der Waals surface area contributed by atoms with Gasteiger partial charge in [-0.05, 0) is 43.2 Å². The Morgan fingerprint density at radius 3 is 2.44 bits per heavy atom. The number of rotatable bonds is 7. The van der Waals surface area contributed by atoms with E-state index in [0.29, 0.717) is 16.9 Å². The third-order valence-corrected chi connectivity index (χ3v) is 4.90. The van der Waals surface area contributed by atoms with Crippen molar-refractivity contribution < 1.29 is 33.7 Å². The molecule has 2 amide bonds. The summed E-state index contributed by atoms with van der Waals surface area (Å²) in [5.41, 5.74) is 1.31. The summed E-state index contributed by atoms with van der Waals surface area (Å²) < 4.78 is 15.6. The van der Waals surface area contributed by atoms with Crippen LogP contribution in [0.1, 0.15) is 34.5 Å². The van der Waals surface area contributed by atoms with Gasteiger partial charge < -0.3 is 30.0 Å². The molecule has 2 aromatic carbocycles. The number of nitrogens with one attached hydrogen (secondary N) is 2. The van der Waals surface area contributed by atoms with Crippen LogP contribution in [0.5, 0.6) is 11.5 Å². The van der Waals surface area contributed by atoms with E-state index in [1.807, 2.05) is 0 Å². The van der Waals surface area contributed by atoms with Gasteiger partial charge in [0.1, 0.15) is 23.7 Å². The first-order chi connectivity index (χ1) is 15.3. The Morgan fingerprint density at radius 1 is 1.06 bits per heavy atom. The minimum Gasteiger partial charge on any atom is -0.507 e. The number of phenolic OH excluding ortho intramolecular Hbond substituents is 1. The van der Waals surface area contributed by atoms with E-state index in [-0.39, 0.29) is 29.2 Å². The van der Waals surface area contributed by atoms with Crippen LogP contribution in [0.4, 0.5) is 4.79 Å². The van der Waals surface area contributed by atoms with Crippen LogP contribution in [0.25, 0.3) is 0 Å². The van der Waals surface area contributed by atoms with Gasteiger partial charge in [-0.2, -0.15) is 0 Å². The van der Waals surface area contributed by atoms with Crippen molar-refractivity contribution in [3.63, 3.8) is 0 Å². The number of phenols is 1. The van der Waals surface area contributed by atoms with Crippen LogP contribution in [0.3, 0.4) is 0 Å². The summed E-state index contributed by atoms with van der Waals surface area (Å²) in [5.74, 6) is -1.04. The molecule has 9 heteroatoms. The summed E-state index contributed by atoms with van der Waals surface area (Å²) in [6, 6.07) is 10.1. The Bertz CT molecular complexity index is 1060. The second kappa shape index (κ2) is 9.86. The minimum absolute atomic E-state index is 0.0183. The molecule has 1 unspecified atom stereocenters. The van der Waals surface area contributed by atoms with Crippen molar-refractivity contribution in [1.82, 2.24) is 10.6 Å². The van der Waals surface area contributed by atoms with Gasteiger partial charge in [-0.15, -0.1) is 0 Å². The average Bonchev–Trinajstić information content (AvgIpc) is 2.79. The topological polar surface area (TPSA) is 123 Å². The van der Waals surface area contributed by atoms with E-state index in [4.69, 9.17) is 14.2 Å². The number of urea groups is 1. The highest BCUT2D eigenvalue weighted by Gasteiger charge is 2.34. The number of methoxy groups -OCH3 is 1. The average molecular weight is 440 g/mol. The monoisotopic (exact) mass is 440 g/mol. The standard InChI is InChI=1S/C23H24N2O7/c1-4-31-22(28)18-17(12-32-21(27)16-7-5-6-13(2)20(16)26)24-23(29)25-19(18)14-8-10-15(30-3)11-9-14/h5-11,19,26H,4,12H2,1-3H3,(H2,24,25,29). The zero-order chi connectivity index (χ0) is 23.3. The smallest absolute Gasteiger partial charge is 0.342 e. The van der Waals surface area contributed by atoms with Crippen molar-refractivity contribution in [2.45, 2.75) is 19.9 Å². The Balaban J connectivity index is 1.94. The molecule has 0 spiro atoms. The van der Waals surface area contributed by atoms with Crippen LogP contribution in [0, 0.1) is 6.92 Å². The highest BCUT2D eigenvalue weighted by molar-refractivity contribution is 5.96. The molecule has 1 aliphatic rings. The highest BCUT2D eigenvalue weighted by atomic mass is 16.5. The Morgan fingerprint density at radius 2 is 1.78 bits per heavy atom. The summed E-state index contributed by atoms with van der Waals surface area (Å²) in [5, 5.41) is 15.3. The predicted molar refractivity (Wildman–Crippen MR) is 114 cm³/mol. The first-order valence-corrected chi connectivity index (χ1v) is 9.93. The molecule has 1 heterocycles. The molecule has 9 nitrogen and oxygen atoms in total. The van der Waals surface area contributed by atoms with Gasteiger partial charge >= 0.3 is 18.0 Å². The van der Waals surface area contributed by atoms with Gasteiger partial charge in [0.15, 0.2) is 0 Å². The normalized spacial score (nSPS) is 15.5. The number of carbonyl (C=O) groups excluding carboxylic acids is 3. The van der Waals surface area contributed by atoms with Crippen molar-refractivity contribution in [3.05, 3.63) is 70.4 Å². The Hall–Kier alpha value is -4.01. The Labute approximate surface area is 185 Å². The second-order valence-corrected chi connectivity index (χ2v) is 6.96. The number of para-hydroxylation sites is 1. The summed E-state index contributed by atoms with van der Waals surface area (Å²) in [7, 11) is 1.53. The van der Waals surface area contributed by atoms with Gasteiger partial charge in [0, 0.05) is 0 Å². The van der Waals surface area contributed by atoms with Gasteiger partial charge in [-0.1, -0.05) is 24.3 Å². The fourth-order valence-corrected chi connectivity index (χ4v) is 3.27. The van der Waals surface area contributed by atoms with Gasteiger partial charge in [-0.3, -0.25) is 0 Å². The third-order valence-electron chi connectivity index (χ3n) is 4.90. The molecule has 1 aliphatic heterocycles. The molecule has 2 aromatic rings. The zero-order valence-electron chi connectivity index (χ0n) is 17.9. The number of amides is 2. The molecule has 0 aliphatic carbocycles. The van der Waals surface area contributed by atoms with Crippen molar-refractivity contribution in [1.29, 1.82) is 0 Å². The van der Waals surface area contributed by atoms with Gasteiger partial charge in [-0.25, -0.2) is 14.4 Å². The number of carbonyl (C=O) groups is 3. The summed E-state index contributed by atoms with van der Waals surface area (Å²) in [6.07, 6.45) is 0. The maximum Gasteiger partial charge on any atom is 0.342 e. The van der Waals surface area contributed by atoms with Crippen LogP contribution in [-0.4, -0.2) is 43.4 Å². The number of hydrogen-bond acceptors (Lipinski definition) is 7. The quantitative estimate of drug-likeness (QED) is 0.566. The maximum atomic E-state index is 12.8. The van der Waals surface area contributed by atoms with Crippen molar-refractivity contribution >= 4 is 18.0 Å². The number of aryl methyl sites for hydroxylation is 1. The lowest BCUT2D eigenvalue weighted by Crippen LogP contribution is -2.47. The van der Waals surface area contributed by atoms with E-state index < -0.39 is 30.6 Å². The van der Waals surface area contributed by atoms with Crippen LogP contribution < -0.4 is 15.4 Å². The molecule has 0 saturated carbocycles. The molecule has 1 atom stereocenters. The molecule has 0 aromatic heterocycles. The van der Waals surface area contributed by atoms with Crippen LogP contribution in [0.2, 0.25) is 0 Å². The summed E-state index contributed by atoms with van der Waals surface area (Å²) >= 11 is 0. The first kappa shape index (κ1) is 22.7. The van der Waals surface area contributed by atoms with Crippen LogP contribution in [0.15, 0.2) is 53.7 Å². The number of ether oxygens (including phenoxy) is 3. The molecule has 3 N–H and O–H groups in total. The largest absolute Gasteiger partial charge is 0.507 e. The predicted octanol–water partition coefficient (Wildman–Crippen LogP) is 2.74. The summed E-state index contributed by atoms with van der Waals surface area (Å²) in [6.45, 7) is 3.03. The molecule has 0 fully saturated rings. The second-order valence-electron chi connectivity index (χ2n) is 6.96. The molecule has 0 saturated heterocycles. The molecule has 0 radical (unpaired) electrons. The number of aromatic hydroxyl groups is 1. The van der Waals surface area contributed by atoms with E-state index in [9.17, 15) is 19.5 Å². The van der Waals surface area contributed by atoms with Crippen molar-refractivity contribution in [3.8, 4) is 11.5 Å². The van der Waals surface area contributed by atoms with E-state index in [1.165, 1.54) is 13.2 Å². The fourth-order valence-electron chi connectivity index (χ4n) is 3.27. The van der Waals surface area contributed by atoms with Gasteiger partial charge in [0.05, 0.1) is 31.0 Å². The lowest BCUT2D eigenvalue weighted by atomic mass is 9.95. The van der Waals surface area contributed by atoms with Crippen LogP contribution in [-0.2, 0) is 14.3 Å². The van der Waals surface area contributed by atoms with Crippen molar-refractivity contribution in [2.24, 2.45) is 0 Å². The lowest BCUT2D eigenvalue weighted by Gasteiger charge is -2.29. The molecule has 3 rings (SSSR count). The molecular weight excluding hydrogens is 416 g/mol. The lowest BCUT2D eigenvalue weighted by molar-refractivity contribution is -0.139. The SMILES string of the molecule is CCOC(=O)C1=C(COC(=O)c2cccc(C)c2O)NC(=O)NC1c1ccc(OC)cc1. The number of hydrogen-bond donors (Lipinski definition) is 3. The summed E-state index contributed by atoms with van der Waals surface area (Å²) in [4.78, 5) is 37.6. The van der Waals surface area contributed by atoms with Crippen LogP contribution >= 0.6 is 0 Å². The third kappa shape index (κ3) is 4.83. The first-order valence-electron chi connectivity index (χ1n) is 9.93. The van der Waals surface area contributed by atoms with Gasteiger partial charge in [0.25, 0.3) is 0 Å². The maximum absolute atomic E-state index is 12.8. The fraction of sp³-hybridized carbons (Fsp3) is 0.261. The zero-order valence-corrected chi connectivity index (χ0v) is 17.9. The Kier molecular flexibility index (Phi) is 6.99. The van der Waals surface area contributed by atoms with E-state index >= 15 is 0 Å². The molecule has 32 heavy (non-hydrogen) atoms. The number of esters is 2.